The van der Waals surface area contributed by atoms with E-state index in [-0.39, 0.29) is 0 Å². The molecule has 0 spiro atoms. The largest absolute Gasteiger partial charge is 0.311 e. The van der Waals surface area contributed by atoms with Crippen LogP contribution >= 0.6 is 0 Å². The van der Waals surface area contributed by atoms with Crippen molar-refractivity contribution in [2.45, 2.75) is 59.0 Å². The van der Waals surface area contributed by atoms with Crippen LogP contribution in [0.1, 0.15) is 47.0 Å². The van der Waals surface area contributed by atoms with E-state index in [1.165, 1.54) is 0 Å². The Hall–Kier alpha value is -0.130. The molecule has 1 saturated heterocycles. The second kappa shape index (κ2) is 8.35. The summed E-state index contributed by atoms with van der Waals surface area (Å²) in [5.74, 6) is 1.28. The zero-order chi connectivity index (χ0) is 15.2. The Bertz CT molecular complexity index is 368. The maximum Gasteiger partial charge on any atom is 0.151 e. The number of hydrogen-bond donors (Lipinski definition) is 1. The maximum atomic E-state index is 11.9. The number of rotatable bonds is 8. The molecule has 120 valence electrons. The van der Waals surface area contributed by atoms with E-state index in [2.05, 4.69) is 31.0 Å². The molecule has 0 radical (unpaired) electrons. The molecular formula is C15H32N2O2S. The van der Waals surface area contributed by atoms with E-state index >= 15 is 0 Å². The van der Waals surface area contributed by atoms with Gasteiger partial charge in [0.05, 0.1) is 5.75 Å². The van der Waals surface area contributed by atoms with Crippen molar-refractivity contribution in [3.05, 3.63) is 0 Å². The van der Waals surface area contributed by atoms with Crippen LogP contribution in [0.3, 0.4) is 0 Å². The van der Waals surface area contributed by atoms with Crippen molar-refractivity contribution >= 4 is 9.84 Å². The average molecular weight is 305 g/mol. The van der Waals surface area contributed by atoms with Crippen molar-refractivity contribution in [2.24, 2.45) is 5.92 Å². The molecule has 4 nitrogen and oxygen atoms in total. The lowest BCUT2D eigenvalue weighted by Gasteiger charge is -2.41. The number of sulfone groups is 1. The van der Waals surface area contributed by atoms with E-state index < -0.39 is 9.84 Å². The SMILES string of the molecule is CCCS(=O)(=O)CCN1CC(CC)NCC1CC(C)C. The number of hydrogen-bond acceptors (Lipinski definition) is 4. The molecule has 0 aromatic rings. The fourth-order valence-corrected chi connectivity index (χ4v) is 4.26. The van der Waals surface area contributed by atoms with Gasteiger partial charge in [-0.25, -0.2) is 8.42 Å². The molecule has 20 heavy (non-hydrogen) atoms. The molecular weight excluding hydrogens is 272 g/mol. The third-order valence-corrected chi connectivity index (χ3v) is 5.89. The van der Waals surface area contributed by atoms with Crippen molar-refractivity contribution in [3.63, 3.8) is 0 Å². The van der Waals surface area contributed by atoms with Gasteiger partial charge in [0, 0.05) is 37.5 Å². The van der Waals surface area contributed by atoms with Gasteiger partial charge in [0.2, 0.25) is 0 Å². The molecule has 1 aliphatic rings. The van der Waals surface area contributed by atoms with Crippen molar-refractivity contribution in [3.8, 4) is 0 Å². The maximum absolute atomic E-state index is 11.9. The topological polar surface area (TPSA) is 49.4 Å². The van der Waals surface area contributed by atoms with Crippen LogP contribution in [0.15, 0.2) is 0 Å². The summed E-state index contributed by atoms with van der Waals surface area (Å²) in [5.41, 5.74) is 0. The zero-order valence-electron chi connectivity index (χ0n) is 13.6. The van der Waals surface area contributed by atoms with Crippen LogP contribution in [0.5, 0.6) is 0 Å². The molecule has 1 fully saturated rings. The lowest BCUT2D eigenvalue weighted by atomic mass is 9.98. The molecule has 5 heteroatoms. The average Bonchev–Trinajstić information content (AvgIpc) is 2.37. The first-order chi connectivity index (χ1) is 9.38. The minimum atomic E-state index is -2.87. The smallest absolute Gasteiger partial charge is 0.151 e. The Morgan fingerprint density at radius 2 is 1.95 bits per heavy atom. The van der Waals surface area contributed by atoms with Crippen LogP contribution in [0.4, 0.5) is 0 Å². The van der Waals surface area contributed by atoms with E-state index in [0.29, 0.717) is 36.1 Å². The van der Waals surface area contributed by atoms with Gasteiger partial charge < -0.3 is 5.32 Å². The molecule has 1 aliphatic heterocycles. The van der Waals surface area contributed by atoms with Gasteiger partial charge >= 0.3 is 0 Å². The summed E-state index contributed by atoms with van der Waals surface area (Å²) < 4.78 is 23.8. The summed E-state index contributed by atoms with van der Waals surface area (Å²) in [6.07, 6.45) is 2.96. The van der Waals surface area contributed by atoms with Crippen LogP contribution in [-0.2, 0) is 9.84 Å². The van der Waals surface area contributed by atoms with Gasteiger partial charge in [-0.05, 0) is 25.2 Å². The lowest BCUT2D eigenvalue weighted by Crippen LogP contribution is -2.57. The predicted octanol–water partition coefficient (Wildman–Crippen LogP) is 1.91. The Labute approximate surface area is 125 Å². The summed E-state index contributed by atoms with van der Waals surface area (Å²) >= 11 is 0. The van der Waals surface area contributed by atoms with Crippen molar-refractivity contribution in [1.29, 1.82) is 0 Å². The molecule has 0 bridgehead atoms. The first-order valence-corrected chi connectivity index (χ1v) is 9.88. The predicted molar refractivity (Wildman–Crippen MR) is 85.8 cm³/mol. The van der Waals surface area contributed by atoms with Crippen molar-refractivity contribution in [1.82, 2.24) is 10.2 Å². The molecule has 1 rings (SSSR count). The quantitative estimate of drug-likeness (QED) is 0.744. The Balaban J connectivity index is 2.59. The molecule has 2 unspecified atom stereocenters. The van der Waals surface area contributed by atoms with Gasteiger partial charge in [-0.3, -0.25) is 4.90 Å². The fraction of sp³-hybridized carbons (Fsp3) is 1.00. The highest BCUT2D eigenvalue weighted by Gasteiger charge is 2.28. The van der Waals surface area contributed by atoms with Gasteiger partial charge in [0.15, 0.2) is 9.84 Å². The van der Waals surface area contributed by atoms with Gasteiger partial charge in [-0.1, -0.05) is 27.7 Å². The summed E-state index contributed by atoms with van der Waals surface area (Å²) in [4.78, 5) is 2.40. The molecule has 0 aliphatic carbocycles. The summed E-state index contributed by atoms with van der Waals surface area (Å²) in [5, 5.41) is 3.59. The summed E-state index contributed by atoms with van der Waals surface area (Å²) in [6, 6.07) is 0.988. The van der Waals surface area contributed by atoms with Crippen LogP contribution < -0.4 is 5.32 Å². The molecule has 1 heterocycles. The van der Waals surface area contributed by atoms with E-state index in [0.717, 1.165) is 32.4 Å². The Morgan fingerprint density at radius 1 is 1.25 bits per heavy atom. The first kappa shape index (κ1) is 17.9. The molecule has 2 atom stereocenters. The van der Waals surface area contributed by atoms with Crippen molar-refractivity contribution in [2.75, 3.05) is 31.1 Å². The van der Waals surface area contributed by atoms with Crippen LogP contribution in [0.2, 0.25) is 0 Å². The molecule has 0 aromatic heterocycles. The molecule has 0 saturated carbocycles. The van der Waals surface area contributed by atoms with E-state index in [9.17, 15) is 8.42 Å². The van der Waals surface area contributed by atoms with Crippen LogP contribution in [0.25, 0.3) is 0 Å². The van der Waals surface area contributed by atoms with E-state index in [4.69, 9.17) is 0 Å². The third kappa shape index (κ3) is 6.10. The van der Waals surface area contributed by atoms with Gasteiger partial charge in [-0.15, -0.1) is 0 Å². The Morgan fingerprint density at radius 3 is 2.50 bits per heavy atom. The molecule has 0 aromatic carbocycles. The monoisotopic (exact) mass is 304 g/mol. The zero-order valence-corrected chi connectivity index (χ0v) is 14.4. The highest BCUT2D eigenvalue weighted by molar-refractivity contribution is 7.91. The van der Waals surface area contributed by atoms with Crippen LogP contribution in [-0.4, -0.2) is 56.5 Å². The van der Waals surface area contributed by atoms with Gasteiger partial charge in [-0.2, -0.15) is 0 Å². The van der Waals surface area contributed by atoms with Gasteiger partial charge in [0.25, 0.3) is 0 Å². The summed E-state index contributed by atoms with van der Waals surface area (Å²) in [6.45, 7) is 11.2. The van der Waals surface area contributed by atoms with Gasteiger partial charge in [0.1, 0.15) is 0 Å². The molecule has 1 N–H and O–H groups in total. The normalized spacial score (nSPS) is 25.2. The highest BCUT2D eigenvalue weighted by Crippen LogP contribution is 2.16. The first-order valence-electron chi connectivity index (χ1n) is 8.05. The van der Waals surface area contributed by atoms with E-state index in [1.807, 2.05) is 6.92 Å². The number of nitrogens with zero attached hydrogens (tertiary/aromatic N) is 1. The Kier molecular flexibility index (Phi) is 7.48. The number of nitrogens with one attached hydrogen (secondary N) is 1. The standard InChI is InChI=1S/C15H32N2O2S/c1-5-8-20(18,19)9-7-17-12-14(6-2)16-11-15(17)10-13(3)4/h13-16H,5-12H2,1-4H3. The summed E-state index contributed by atoms with van der Waals surface area (Å²) in [7, 11) is -2.87. The minimum absolute atomic E-state index is 0.311. The number of piperazine rings is 1. The van der Waals surface area contributed by atoms with Crippen LogP contribution in [0, 0.1) is 5.92 Å². The fourth-order valence-electron chi connectivity index (χ4n) is 2.92. The highest BCUT2D eigenvalue weighted by atomic mass is 32.2. The minimum Gasteiger partial charge on any atom is -0.311 e. The third-order valence-electron chi connectivity index (χ3n) is 4.05. The second-order valence-corrected chi connectivity index (χ2v) is 8.75. The lowest BCUT2D eigenvalue weighted by molar-refractivity contribution is 0.120. The van der Waals surface area contributed by atoms with E-state index in [1.54, 1.807) is 0 Å². The van der Waals surface area contributed by atoms with Crippen molar-refractivity contribution < 1.29 is 8.42 Å². The second-order valence-electron chi connectivity index (χ2n) is 6.44. The molecule has 0 amide bonds.